The first-order valence-electron chi connectivity index (χ1n) is 11.0. The highest BCUT2D eigenvalue weighted by Gasteiger charge is 2.18. The third kappa shape index (κ3) is 6.14. The molecule has 9 nitrogen and oxygen atoms in total. The van der Waals surface area contributed by atoms with Gasteiger partial charge in [-0.3, -0.25) is 4.79 Å². The number of carbonyl (C=O) groups excluding carboxylic acids is 1. The number of anilines is 1. The van der Waals surface area contributed by atoms with Crippen LogP contribution in [0.4, 0.5) is 5.82 Å². The molecule has 0 aliphatic carbocycles. The van der Waals surface area contributed by atoms with Crippen LogP contribution in [0, 0.1) is 0 Å². The lowest BCUT2D eigenvalue weighted by Gasteiger charge is -2.15. The van der Waals surface area contributed by atoms with Crippen LogP contribution in [0.15, 0.2) is 73.1 Å². The van der Waals surface area contributed by atoms with Crippen molar-refractivity contribution in [3.05, 3.63) is 73.1 Å². The third-order valence-electron chi connectivity index (χ3n) is 5.31. The van der Waals surface area contributed by atoms with Crippen molar-refractivity contribution in [1.82, 2.24) is 27.8 Å². The topological polar surface area (TPSA) is 102 Å². The second-order valence-corrected chi connectivity index (χ2v) is 9.57. The number of halogens is 1. The van der Waals surface area contributed by atoms with E-state index in [1.54, 1.807) is 22.7 Å². The summed E-state index contributed by atoms with van der Waals surface area (Å²) in [7, 11) is 3.71. The summed E-state index contributed by atoms with van der Waals surface area (Å²) in [5.74, 6) is 1.77. The van der Waals surface area contributed by atoms with Crippen molar-refractivity contribution < 1.29 is 9.53 Å². The van der Waals surface area contributed by atoms with Crippen molar-refractivity contribution >= 4 is 45.6 Å². The fourth-order valence-electron chi connectivity index (χ4n) is 3.47. The molecule has 0 radical (unpaired) electrons. The number of hydrogen-bond acceptors (Lipinski definition) is 7. The monoisotopic (exact) mass is 583 g/mol. The Morgan fingerprint density at radius 3 is 2.51 bits per heavy atom. The zero-order valence-corrected chi connectivity index (χ0v) is 21.7. The van der Waals surface area contributed by atoms with Crippen LogP contribution in [0.25, 0.3) is 22.3 Å². The lowest BCUT2D eigenvalue weighted by atomic mass is 10.1. The summed E-state index contributed by atoms with van der Waals surface area (Å²) >= 11 is 2.17. The molecule has 0 bridgehead atoms. The summed E-state index contributed by atoms with van der Waals surface area (Å²) in [6, 6.07) is 17.2. The van der Waals surface area contributed by atoms with Gasteiger partial charge in [-0.05, 0) is 43.4 Å². The van der Waals surface area contributed by atoms with Gasteiger partial charge >= 0.3 is 0 Å². The highest BCUT2D eigenvalue weighted by molar-refractivity contribution is 14.1. The minimum Gasteiger partial charge on any atom is -0.457 e. The number of likely N-dealkylation sites (N-methyl/N-ethyl adjacent to an activating group) is 2. The second kappa shape index (κ2) is 11.3. The molecule has 2 aromatic heterocycles. The van der Waals surface area contributed by atoms with Crippen molar-refractivity contribution in [3.63, 3.8) is 0 Å². The first kappa shape index (κ1) is 24.6. The van der Waals surface area contributed by atoms with E-state index in [1.165, 1.54) is 6.33 Å². The molecule has 2 aromatic carbocycles. The Kier molecular flexibility index (Phi) is 7.93. The lowest BCUT2D eigenvalue weighted by Crippen LogP contribution is -2.29. The van der Waals surface area contributed by atoms with Crippen LogP contribution in [-0.4, -0.2) is 60.9 Å². The van der Waals surface area contributed by atoms with Gasteiger partial charge in [-0.2, -0.15) is 5.10 Å². The molecule has 0 spiro atoms. The highest BCUT2D eigenvalue weighted by atomic mass is 127. The van der Waals surface area contributed by atoms with E-state index in [0.29, 0.717) is 42.2 Å². The molecule has 10 heteroatoms. The van der Waals surface area contributed by atoms with E-state index in [4.69, 9.17) is 15.6 Å². The first-order chi connectivity index (χ1) is 16.9. The van der Waals surface area contributed by atoms with Crippen LogP contribution in [-0.2, 0) is 11.3 Å². The SMILES string of the molecule is CN(I)C/C=C/C(=O)N(C)CCn1nc(-c2ccc(Oc3ccccc3)cc2)c2c(N)ncnc21. The van der Waals surface area contributed by atoms with Gasteiger partial charge in [0.1, 0.15) is 29.3 Å². The molecule has 2 N–H and O–H groups in total. The lowest BCUT2D eigenvalue weighted by molar-refractivity contribution is -0.124. The number of carbonyl (C=O) groups is 1. The minimum atomic E-state index is -0.0666. The number of ether oxygens (including phenoxy) is 1. The molecule has 0 saturated heterocycles. The fourth-order valence-corrected chi connectivity index (χ4v) is 3.70. The van der Waals surface area contributed by atoms with Gasteiger partial charge in [-0.1, -0.05) is 24.3 Å². The van der Waals surface area contributed by atoms with Crippen LogP contribution in [0.1, 0.15) is 0 Å². The predicted molar refractivity (Wildman–Crippen MR) is 145 cm³/mol. The average molecular weight is 583 g/mol. The summed E-state index contributed by atoms with van der Waals surface area (Å²) in [6.45, 7) is 1.62. The molecular formula is C25H26IN7O2. The number of nitrogen functional groups attached to an aromatic ring is 1. The quantitative estimate of drug-likeness (QED) is 0.179. The van der Waals surface area contributed by atoms with Crippen molar-refractivity contribution in [1.29, 1.82) is 0 Å². The van der Waals surface area contributed by atoms with E-state index in [0.717, 1.165) is 17.1 Å². The minimum absolute atomic E-state index is 0.0666. The maximum Gasteiger partial charge on any atom is 0.246 e. The van der Waals surface area contributed by atoms with E-state index in [9.17, 15) is 4.79 Å². The number of nitrogens with zero attached hydrogens (tertiary/aromatic N) is 6. The molecule has 2 heterocycles. The molecule has 0 unspecified atom stereocenters. The van der Waals surface area contributed by atoms with Gasteiger partial charge in [0.25, 0.3) is 0 Å². The number of fused-ring (bicyclic) bond motifs is 1. The van der Waals surface area contributed by atoms with Gasteiger partial charge in [0.15, 0.2) is 5.65 Å². The number of aromatic nitrogens is 4. The Hall–Kier alpha value is -3.51. The number of para-hydroxylation sites is 1. The van der Waals surface area contributed by atoms with Crippen LogP contribution in [0.3, 0.4) is 0 Å². The highest BCUT2D eigenvalue weighted by Crippen LogP contribution is 2.32. The van der Waals surface area contributed by atoms with E-state index >= 15 is 0 Å². The van der Waals surface area contributed by atoms with E-state index in [1.807, 2.05) is 70.8 Å². The molecule has 1 amide bonds. The fraction of sp³-hybridized carbons (Fsp3) is 0.200. The zero-order valence-electron chi connectivity index (χ0n) is 19.5. The molecule has 4 rings (SSSR count). The van der Waals surface area contributed by atoms with Gasteiger partial charge in [0, 0.05) is 54.6 Å². The first-order valence-corrected chi connectivity index (χ1v) is 12.0. The Morgan fingerprint density at radius 2 is 1.80 bits per heavy atom. The van der Waals surface area contributed by atoms with Gasteiger partial charge in [-0.25, -0.2) is 17.8 Å². The summed E-state index contributed by atoms with van der Waals surface area (Å²) in [5, 5.41) is 5.46. The molecule has 0 fully saturated rings. The molecule has 0 aliphatic rings. The summed E-state index contributed by atoms with van der Waals surface area (Å²) in [5.41, 5.74) is 8.39. The molecule has 0 atom stereocenters. The van der Waals surface area contributed by atoms with Gasteiger partial charge in [-0.15, -0.1) is 0 Å². The number of amides is 1. The van der Waals surface area contributed by atoms with Crippen molar-refractivity contribution in [2.24, 2.45) is 0 Å². The average Bonchev–Trinajstić information content (AvgIpc) is 3.23. The molecule has 0 saturated carbocycles. The van der Waals surface area contributed by atoms with E-state index in [2.05, 4.69) is 32.8 Å². The number of nitrogens with two attached hydrogens (primary N) is 1. The summed E-state index contributed by atoms with van der Waals surface area (Å²) in [6.07, 6.45) is 4.85. The molecule has 0 aliphatic heterocycles. The van der Waals surface area contributed by atoms with Crippen molar-refractivity contribution in [2.45, 2.75) is 6.54 Å². The Morgan fingerprint density at radius 1 is 1.09 bits per heavy atom. The second-order valence-electron chi connectivity index (χ2n) is 7.92. The van der Waals surface area contributed by atoms with Crippen molar-refractivity contribution in [2.75, 3.05) is 32.9 Å². The maximum atomic E-state index is 12.4. The molecule has 180 valence electrons. The summed E-state index contributed by atoms with van der Waals surface area (Å²) in [4.78, 5) is 22.6. The number of benzene rings is 2. The Bertz CT molecular complexity index is 1320. The van der Waals surface area contributed by atoms with E-state index < -0.39 is 0 Å². The third-order valence-corrected chi connectivity index (χ3v) is 5.70. The Labute approximate surface area is 217 Å². The van der Waals surface area contributed by atoms with Gasteiger partial charge < -0.3 is 15.4 Å². The largest absolute Gasteiger partial charge is 0.457 e. The standard InChI is InChI=1S/C25H26IN7O2/c1-31(21(34)9-6-14-32(2)26)15-16-33-25-22(24(27)28-17-29-25)23(30-33)18-10-12-20(13-11-18)35-19-7-4-3-5-8-19/h3-13,17H,14-16H2,1-2H3,(H2,27,28,29)/b9-6+. The van der Waals surface area contributed by atoms with Gasteiger partial charge in [0.05, 0.1) is 11.9 Å². The van der Waals surface area contributed by atoms with Crippen LogP contribution in [0.2, 0.25) is 0 Å². The molecule has 35 heavy (non-hydrogen) atoms. The number of rotatable bonds is 9. The summed E-state index contributed by atoms with van der Waals surface area (Å²) < 4.78 is 9.62. The smallest absolute Gasteiger partial charge is 0.246 e. The van der Waals surface area contributed by atoms with Crippen LogP contribution in [0.5, 0.6) is 11.5 Å². The zero-order chi connectivity index (χ0) is 24.8. The normalized spacial score (nSPS) is 11.4. The maximum absolute atomic E-state index is 12.4. The molecule has 4 aromatic rings. The van der Waals surface area contributed by atoms with Crippen LogP contribution < -0.4 is 10.5 Å². The van der Waals surface area contributed by atoms with Crippen molar-refractivity contribution in [3.8, 4) is 22.8 Å². The van der Waals surface area contributed by atoms with E-state index in [-0.39, 0.29) is 5.91 Å². The Balaban J connectivity index is 1.54. The number of hydrogen-bond donors (Lipinski definition) is 1. The van der Waals surface area contributed by atoms with Crippen LogP contribution >= 0.6 is 22.9 Å². The van der Waals surface area contributed by atoms with Gasteiger partial charge in [0.2, 0.25) is 5.91 Å². The molecular weight excluding hydrogens is 557 g/mol. The predicted octanol–water partition coefficient (Wildman–Crippen LogP) is 4.16.